The van der Waals surface area contributed by atoms with Gasteiger partial charge in [-0.1, -0.05) is 48.5 Å². The molecule has 0 bridgehead atoms. The molecular formula is C23H15NS. The number of fused-ring (bicyclic) bond motifs is 8. The van der Waals surface area contributed by atoms with Crippen LogP contribution >= 0.6 is 11.3 Å². The molecule has 4 aromatic carbocycles. The molecule has 118 valence electrons. The lowest BCUT2D eigenvalue weighted by Crippen LogP contribution is -1.86. The van der Waals surface area contributed by atoms with Crippen molar-refractivity contribution in [1.29, 1.82) is 0 Å². The van der Waals surface area contributed by atoms with Gasteiger partial charge >= 0.3 is 0 Å². The normalized spacial score (nSPS) is 12.2. The van der Waals surface area contributed by atoms with E-state index in [9.17, 15) is 0 Å². The van der Waals surface area contributed by atoms with E-state index in [-0.39, 0.29) is 0 Å². The van der Waals surface area contributed by atoms with Crippen molar-refractivity contribution >= 4 is 64.1 Å². The fourth-order valence-corrected chi connectivity index (χ4v) is 5.35. The number of thiophene rings is 1. The van der Waals surface area contributed by atoms with Crippen LogP contribution in [0.5, 0.6) is 0 Å². The van der Waals surface area contributed by atoms with Crippen LogP contribution in [0.4, 0.5) is 0 Å². The number of aryl methyl sites for hydroxylation is 1. The van der Waals surface area contributed by atoms with Gasteiger partial charge in [-0.2, -0.15) is 0 Å². The van der Waals surface area contributed by atoms with E-state index in [1.54, 1.807) is 0 Å². The van der Waals surface area contributed by atoms with Crippen LogP contribution < -0.4 is 0 Å². The van der Waals surface area contributed by atoms with Crippen molar-refractivity contribution in [2.45, 2.75) is 0 Å². The maximum absolute atomic E-state index is 2.36. The molecule has 2 aromatic heterocycles. The highest BCUT2D eigenvalue weighted by molar-refractivity contribution is 7.26. The van der Waals surface area contributed by atoms with Crippen molar-refractivity contribution in [2.75, 3.05) is 0 Å². The third-order valence-electron chi connectivity index (χ3n) is 5.37. The second-order valence-electron chi connectivity index (χ2n) is 6.71. The Labute approximate surface area is 148 Å². The lowest BCUT2D eigenvalue weighted by atomic mass is 10.0. The van der Waals surface area contributed by atoms with E-state index in [1.165, 1.54) is 52.8 Å². The Hall–Kier alpha value is -2.84. The molecule has 1 nitrogen and oxygen atoms in total. The molecule has 0 atom stereocenters. The zero-order chi connectivity index (χ0) is 16.5. The smallest absolute Gasteiger partial charge is 0.0583 e. The predicted octanol–water partition coefficient (Wildman–Crippen LogP) is 6.85. The van der Waals surface area contributed by atoms with Gasteiger partial charge in [0.15, 0.2) is 0 Å². The third kappa shape index (κ3) is 1.67. The summed E-state index contributed by atoms with van der Waals surface area (Å²) < 4.78 is 5.09. The number of hydrogen-bond donors (Lipinski definition) is 0. The number of hydrogen-bond acceptors (Lipinski definition) is 1. The Morgan fingerprint density at radius 2 is 1.44 bits per heavy atom. The van der Waals surface area contributed by atoms with E-state index in [1.807, 2.05) is 11.3 Å². The van der Waals surface area contributed by atoms with Crippen molar-refractivity contribution in [2.24, 2.45) is 7.05 Å². The molecule has 0 fully saturated rings. The van der Waals surface area contributed by atoms with Gasteiger partial charge in [0.2, 0.25) is 0 Å². The van der Waals surface area contributed by atoms with Crippen molar-refractivity contribution in [1.82, 2.24) is 4.57 Å². The molecule has 2 heterocycles. The predicted molar refractivity (Wildman–Crippen MR) is 111 cm³/mol. The summed E-state index contributed by atoms with van der Waals surface area (Å²) >= 11 is 1.90. The minimum atomic E-state index is 1.30. The molecule has 0 aliphatic heterocycles. The Morgan fingerprint density at radius 3 is 2.32 bits per heavy atom. The maximum Gasteiger partial charge on any atom is 0.0583 e. The molecule has 6 rings (SSSR count). The second kappa shape index (κ2) is 4.62. The largest absolute Gasteiger partial charge is 0.343 e. The molecule has 25 heavy (non-hydrogen) atoms. The highest BCUT2D eigenvalue weighted by Crippen LogP contribution is 2.42. The summed E-state index contributed by atoms with van der Waals surface area (Å²) in [5.41, 5.74) is 2.64. The van der Waals surface area contributed by atoms with Gasteiger partial charge in [0.25, 0.3) is 0 Å². The summed E-state index contributed by atoms with van der Waals surface area (Å²) in [5.74, 6) is 0. The van der Waals surface area contributed by atoms with Crippen LogP contribution in [0.25, 0.3) is 52.8 Å². The first-order valence-corrected chi connectivity index (χ1v) is 9.34. The molecule has 0 saturated heterocycles. The Kier molecular flexibility index (Phi) is 2.48. The lowest BCUT2D eigenvalue weighted by molar-refractivity contribution is 1.02. The van der Waals surface area contributed by atoms with Crippen LogP contribution in [-0.2, 0) is 7.05 Å². The van der Waals surface area contributed by atoms with Gasteiger partial charge in [0.05, 0.1) is 5.52 Å². The molecule has 0 saturated carbocycles. The van der Waals surface area contributed by atoms with E-state index in [4.69, 9.17) is 0 Å². The highest BCUT2D eigenvalue weighted by Gasteiger charge is 2.15. The fraction of sp³-hybridized carbons (Fsp3) is 0.0435. The van der Waals surface area contributed by atoms with Crippen molar-refractivity contribution in [3.05, 3.63) is 72.8 Å². The highest BCUT2D eigenvalue weighted by atomic mass is 32.1. The van der Waals surface area contributed by atoms with E-state index < -0.39 is 0 Å². The fourth-order valence-electron chi connectivity index (χ4n) is 4.22. The SMILES string of the molecule is Cn1c2ccccc2c2ccc3sc4cc5ccccc5cc4c3c21. The van der Waals surface area contributed by atoms with E-state index >= 15 is 0 Å². The topological polar surface area (TPSA) is 4.93 Å². The van der Waals surface area contributed by atoms with Crippen molar-refractivity contribution < 1.29 is 0 Å². The minimum absolute atomic E-state index is 1.30. The third-order valence-corrected chi connectivity index (χ3v) is 6.49. The molecule has 0 radical (unpaired) electrons. The number of rotatable bonds is 0. The summed E-state index contributed by atoms with van der Waals surface area (Å²) in [7, 11) is 2.19. The molecule has 0 aliphatic carbocycles. The number of aromatic nitrogens is 1. The molecular weight excluding hydrogens is 322 g/mol. The molecule has 2 heteroatoms. The monoisotopic (exact) mass is 337 g/mol. The van der Waals surface area contributed by atoms with Crippen LogP contribution in [0, 0.1) is 0 Å². The van der Waals surface area contributed by atoms with Crippen LogP contribution in [0.15, 0.2) is 72.8 Å². The second-order valence-corrected chi connectivity index (χ2v) is 7.79. The van der Waals surface area contributed by atoms with Gasteiger partial charge in [0.1, 0.15) is 0 Å². The zero-order valence-corrected chi connectivity index (χ0v) is 14.6. The van der Waals surface area contributed by atoms with Crippen LogP contribution in [0.3, 0.4) is 0 Å². The first-order valence-electron chi connectivity index (χ1n) is 8.52. The average Bonchev–Trinajstić information content (AvgIpc) is 3.15. The van der Waals surface area contributed by atoms with Crippen LogP contribution in [0.1, 0.15) is 0 Å². The molecule has 0 N–H and O–H groups in total. The maximum atomic E-state index is 2.36. The van der Waals surface area contributed by atoms with Gasteiger partial charge in [0, 0.05) is 43.5 Å². The summed E-state index contributed by atoms with van der Waals surface area (Å²) in [6.45, 7) is 0. The Morgan fingerprint density at radius 1 is 0.680 bits per heavy atom. The number of benzene rings is 4. The first kappa shape index (κ1) is 13.5. The quantitative estimate of drug-likeness (QED) is 0.285. The average molecular weight is 337 g/mol. The minimum Gasteiger partial charge on any atom is -0.343 e. The van der Waals surface area contributed by atoms with Crippen LogP contribution in [0.2, 0.25) is 0 Å². The number of para-hydroxylation sites is 1. The summed E-state index contributed by atoms with van der Waals surface area (Å²) in [6.07, 6.45) is 0. The summed E-state index contributed by atoms with van der Waals surface area (Å²) in [6, 6.07) is 26.6. The summed E-state index contributed by atoms with van der Waals surface area (Å²) in [4.78, 5) is 0. The van der Waals surface area contributed by atoms with E-state index in [0.717, 1.165) is 0 Å². The summed E-state index contributed by atoms with van der Waals surface area (Å²) in [5, 5.41) is 8.07. The number of nitrogens with zero attached hydrogens (tertiary/aromatic N) is 1. The van der Waals surface area contributed by atoms with Gasteiger partial charge < -0.3 is 4.57 Å². The van der Waals surface area contributed by atoms with E-state index in [2.05, 4.69) is 84.4 Å². The Bertz CT molecular complexity index is 1450. The van der Waals surface area contributed by atoms with Gasteiger partial charge in [-0.3, -0.25) is 0 Å². The first-order chi connectivity index (χ1) is 12.3. The zero-order valence-electron chi connectivity index (χ0n) is 13.8. The van der Waals surface area contributed by atoms with Gasteiger partial charge in [-0.25, -0.2) is 0 Å². The molecule has 0 spiro atoms. The molecule has 6 aromatic rings. The molecule has 0 amide bonds. The van der Waals surface area contributed by atoms with Crippen molar-refractivity contribution in [3.63, 3.8) is 0 Å². The standard InChI is InChI=1S/C23H15NS/c1-24-19-9-5-4-8-16(19)17-10-11-20-22(23(17)24)18-12-14-6-2-3-7-15(14)13-21(18)25-20/h2-13H,1H3. The van der Waals surface area contributed by atoms with Crippen LogP contribution in [-0.4, -0.2) is 4.57 Å². The Balaban J connectivity index is 1.93. The van der Waals surface area contributed by atoms with Gasteiger partial charge in [-0.05, 0) is 35.0 Å². The lowest BCUT2D eigenvalue weighted by Gasteiger charge is -2.02. The van der Waals surface area contributed by atoms with Gasteiger partial charge in [-0.15, -0.1) is 11.3 Å². The van der Waals surface area contributed by atoms with Crippen molar-refractivity contribution in [3.8, 4) is 0 Å². The molecule has 0 unspecified atom stereocenters. The van der Waals surface area contributed by atoms with E-state index in [0.29, 0.717) is 0 Å². The molecule has 0 aliphatic rings.